The minimum atomic E-state index is -0.116. The number of benzene rings is 1. The fourth-order valence-corrected chi connectivity index (χ4v) is 3.54. The van der Waals surface area contributed by atoms with Gasteiger partial charge in [-0.3, -0.25) is 0 Å². The lowest BCUT2D eigenvalue weighted by atomic mass is 10.1. The van der Waals surface area contributed by atoms with E-state index >= 15 is 0 Å². The smallest absolute Gasteiger partial charge is 0.206 e. The van der Waals surface area contributed by atoms with E-state index < -0.39 is 0 Å². The molecule has 0 unspecified atom stereocenters. The van der Waals surface area contributed by atoms with Crippen molar-refractivity contribution in [2.45, 2.75) is 23.7 Å². The molecule has 0 amide bonds. The van der Waals surface area contributed by atoms with Gasteiger partial charge in [0.2, 0.25) is 5.13 Å². The molecule has 1 N–H and O–H groups in total. The summed E-state index contributed by atoms with van der Waals surface area (Å²) in [5, 5.41) is 29.8. The molecule has 5 nitrogen and oxygen atoms in total. The maximum Gasteiger partial charge on any atom is 0.206 e. The van der Waals surface area contributed by atoms with Crippen LogP contribution in [0.3, 0.4) is 0 Å². The van der Waals surface area contributed by atoms with Gasteiger partial charge in [0.15, 0.2) is 4.34 Å². The Labute approximate surface area is 138 Å². The lowest BCUT2D eigenvalue weighted by Gasteiger charge is -2.03. The van der Waals surface area contributed by atoms with Crippen molar-refractivity contribution >= 4 is 28.2 Å². The molecule has 2 rings (SSSR count). The Morgan fingerprint density at radius 1 is 1.23 bits per heavy atom. The van der Waals surface area contributed by atoms with E-state index in [0.717, 1.165) is 9.47 Å². The molecule has 1 aromatic heterocycles. The van der Waals surface area contributed by atoms with Gasteiger partial charge in [0.05, 0.1) is 18.1 Å². The Hall–Kier alpha value is -2.09. The molecule has 1 atom stereocenters. The molecule has 1 aromatic carbocycles. The van der Waals surface area contributed by atoms with E-state index in [4.69, 9.17) is 10.5 Å². The number of nitrogens with zero attached hydrogens (tertiary/aromatic N) is 4. The van der Waals surface area contributed by atoms with Gasteiger partial charge in [0.1, 0.15) is 0 Å². The highest BCUT2D eigenvalue weighted by atomic mass is 32.2. The van der Waals surface area contributed by atoms with E-state index in [1.54, 1.807) is 0 Å². The Bertz CT molecular complexity index is 657. The third kappa shape index (κ3) is 5.36. The summed E-state index contributed by atoms with van der Waals surface area (Å²) in [4.78, 5) is 0. The summed E-state index contributed by atoms with van der Waals surface area (Å²) in [5.41, 5.74) is 1.19. The van der Waals surface area contributed by atoms with Crippen molar-refractivity contribution in [2.24, 2.45) is 5.92 Å². The predicted molar refractivity (Wildman–Crippen MR) is 88.4 cm³/mol. The van der Waals surface area contributed by atoms with Gasteiger partial charge < -0.3 is 5.32 Å². The van der Waals surface area contributed by atoms with Crippen LogP contribution in [0.4, 0.5) is 5.13 Å². The summed E-state index contributed by atoms with van der Waals surface area (Å²) in [6.45, 7) is 0.711. The summed E-state index contributed by atoms with van der Waals surface area (Å²) in [6, 6.07) is 14.4. The van der Waals surface area contributed by atoms with Crippen molar-refractivity contribution in [2.75, 3.05) is 11.1 Å². The van der Waals surface area contributed by atoms with Crippen molar-refractivity contribution in [3.05, 3.63) is 35.9 Å². The summed E-state index contributed by atoms with van der Waals surface area (Å²) in [5.74, 6) is 0.528. The molecule has 112 valence electrons. The standard InChI is InChI=1S/C15H15N5S2/c16-8-4-7-13(9-17)11-21-15-20-19-14(22-15)18-10-12-5-2-1-3-6-12/h1-3,5-6,13H,4,7,10-11H2,(H,18,19)/t13-/m1/s1. The highest BCUT2D eigenvalue weighted by Gasteiger charge is 2.11. The normalized spacial score (nSPS) is 11.4. The topological polar surface area (TPSA) is 85.4 Å². The second-order valence-corrected chi connectivity index (χ2v) is 6.79. The summed E-state index contributed by atoms with van der Waals surface area (Å²) in [6.07, 6.45) is 1.02. The van der Waals surface area contributed by atoms with Crippen molar-refractivity contribution in [3.8, 4) is 12.1 Å². The molecular formula is C15H15N5S2. The third-order valence-electron chi connectivity index (χ3n) is 2.89. The first-order valence-electron chi connectivity index (χ1n) is 6.82. The lowest BCUT2D eigenvalue weighted by molar-refractivity contribution is 0.685. The van der Waals surface area contributed by atoms with Gasteiger partial charge in [-0.05, 0) is 12.0 Å². The van der Waals surface area contributed by atoms with E-state index in [1.807, 2.05) is 18.2 Å². The largest absolute Gasteiger partial charge is 0.356 e. The Morgan fingerprint density at radius 2 is 2.05 bits per heavy atom. The van der Waals surface area contributed by atoms with Crippen LogP contribution in [0.15, 0.2) is 34.7 Å². The molecule has 0 saturated heterocycles. The van der Waals surface area contributed by atoms with Crippen LogP contribution in [0.5, 0.6) is 0 Å². The molecule has 0 aliphatic carbocycles. The second kappa shape index (κ2) is 9.04. The summed E-state index contributed by atoms with van der Waals surface area (Å²) in [7, 11) is 0. The lowest BCUT2D eigenvalue weighted by Crippen LogP contribution is -1.99. The number of aromatic nitrogens is 2. The molecule has 0 radical (unpaired) electrons. The molecule has 22 heavy (non-hydrogen) atoms. The number of rotatable bonds is 8. The predicted octanol–water partition coefficient (Wildman–Crippen LogP) is 3.69. The van der Waals surface area contributed by atoms with Gasteiger partial charge in [-0.1, -0.05) is 53.4 Å². The van der Waals surface area contributed by atoms with Crippen LogP contribution in [0.25, 0.3) is 0 Å². The van der Waals surface area contributed by atoms with Gasteiger partial charge in [-0.25, -0.2) is 0 Å². The van der Waals surface area contributed by atoms with Crippen LogP contribution in [-0.4, -0.2) is 16.0 Å². The van der Waals surface area contributed by atoms with Crippen LogP contribution in [0, 0.1) is 28.6 Å². The van der Waals surface area contributed by atoms with Gasteiger partial charge in [-0.15, -0.1) is 10.2 Å². The van der Waals surface area contributed by atoms with Gasteiger partial charge in [0, 0.05) is 18.7 Å². The van der Waals surface area contributed by atoms with Crippen LogP contribution >= 0.6 is 23.1 Å². The van der Waals surface area contributed by atoms with E-state index in [9.17, 15) is 0 Å². The quantitative estimate of drug-likeness (QED) is 0.743. The molecule has 0 spiro atoms. The zero-order valence-electron chi connectivity index (χ0n) is 11.9. The first-order chi connectivity index (χ1) is 10.8. The minimum absolute atomic E-state index is 0.116. The SMILES string of the molecule is N#CCC[C@H](C#N)CSc1nnc(NCc2ccccc2)s1. The molecule has 7 heteroatoms. The summed E-state index contributed by atoms with van der Waals surface area (Å²) >= 11 is 3.00. The van der Waals surface area contributed by atoms with Crippen molar-refractivity contribution in [1.82, 2.24) is 10.2 Å². The maximum atomic E-state index is 9.03. The average Bonchev–Trinajstić information content (AvgIpc) is 3.02. The molecule has 0 saturated carbocycles. The fraction of sp³-hybridized carbons (Fsp3) is 0.333. The number of thioether (sulfide) groups is 1. The second-order valence-electron chi connectivity index (χ2n) is 4.55. The molecule has 2 aromatic rings. The molecule has 0 fully saturated rings. The fourth-order valence-electron chi connectivity index (χ4n) is 1.71. The maximum absolute atomic E-state index is 9.03. The number of nitrogens with one attached hydrogen (secondary N) is 1. The molecule has 0 aliphatic rings. The van der Waals surface area contributed by atoms with Crippen LogP contribution in [-0.2, 0) is 6.54 Å². The zero-order valence-corrected chi connectivity index (χ0v) is 13.5. The van der Waals surface area contributed by atoms with E-state index in [1.165, 1.54) is 28.7 Å². The zero-order chi connectivity index (χ0) is 15.6. The highest BCUT2D eigenvalue weighted by Crippen LogP contribution is 2.28. The average molecular weight is 329 g/mol. The summed E-state index contributed by atoms with van der Waals surface area (Å²) < 4.78 is 0.841. The Kier molecular flexibility index (Phi) is 6.69. The van der Waals surface area contributed by atoms with Crippen LogP contribution in [0.1, 0.15) is 18.4 Å². The number of hydrogen-bond acceptors (Lipinski definition) is 7. The van der Waals surface area contributed by atoms with E-state index in [0.29, 0.717) is 25.1 Å². The van der Waals surface area contributed by atoms with Gasteiger partial charge in [0.25, 0.3) is 0 Å². The molecule has 1 heterocycles. The molecule has 0 bridgehead atoms. The first-order valence-corrected chi connectivity index (χ1v) is 8.62. The van der Waals surface area contributed by atoms with Gasteiger partial charge in [-0.2, -0.15) is 10.5 Å². The Balaban J connectivity index is 1.79. The molecule has 0 aliphatic heterocycles. The number of anilines is 1. The number of hydrogen-bond donors (Lipinski definition) is 1. The minimum Gasteiger partial charge on any atom is -0.356 e. The van der Waals surface area contributed by atoms with Crippen LogP contribution in [0.2, 0.25) is 0 Å². The highest BCUT2D eigenvalue weighted by molar-refractivity contribution is 8.01. The molecular weight excluding hydrogens is 314 g/mol. The van der Waals surface area contributed by atoms with E-state index in [-0.39, 0.29) is 5.92 Å². The number of nitriles is 2. The van der Waals surface area contributed by atoms with Crippen molar-refractivity contribution in [1.29, 1.82) is 10.5 Å². The van der Waals surface area contributed by atoms with Crippen LogP contribution < -0.4 is 5.32 Å². The van der Waals surface area contributed by atoms with E-state index in [2.05, 4.69) is 39.8 Å². The van der Waals surface area contributed by atoms with Gasteiger partial charge >= 0.3 is 0 Å². The third-order valence-corrected chi connectivity index (χ3v) is 5.06. The monoisotopic (exact) mass is 329 g/mol. The Morgan fingerprint density at radius 3 is 2.77 bits per heavy atom. The van der Waals surface area contributed by atoms with Crippen molar-refractivity contribution in [3.63, 3.8) is 0 Å². The first kappa shape index (κ1) is 16.3. The van der Waals surface area contributed by atoms with Crippen molar-refractivity contribution < 1.29 is 0 Å².